The van der Waals surface area contributed by atoms with E-state index < -0.39 is 0 Å². The predicted molar refractivity (Wildman–Crippen MR) is 98.9 cm³/mol. The minimum Gasteiger partial charge on any atom is -0.454 e. The zero-order valence-corrected chi connectivity index (χ0v) is 15.9. The topological polar surface area (TPSA) is 93.8 Å². The van der Waals surface area contributed by atoms with Crippen LogP contribution < -0.4 is 20.1 Å². The summed E-state index contributed by atoms with van der Waals surface area (Å²) in [6.07, 6.45) is 0.644. The molecule has 2 heterocycles. The van der Waals surface area contributed by atoms with Crippen molar-refractivity contribution >= 4 is 29.9 Å². The van der Waals surface area contributed by atoms with Gasteiger partial charge in [0, 0.05) is 26.6 Å². The van der Waals surface area contributed by atoms with Gasteiger partial charge in [-0.1, -0.05) is 11.2 Å². The summed E-state index contributed by atoms with van der Waals surface area (Å²) in [5.74, 6) is 3.52. The van der Waals surface area contributed by atoms with Gasteiger partial charge in [0.05, 0.1) is 0 Å². The quantitative estimate of drug-likeness (QED) is 0.411. The maximum absolute atomic E-state index is 5.37. The Kier molecular flexibility index (Phi) is 6.64. The highest BCUT2D eigenvalue weighted by Gasteiger charge is 2.13. The number of guanidine groups is 1. The first kappa shape index (κ1) is 18.3. The molecule has 0 spiro atoms. The van der Waals surface area contributed by atoms with Crippen LogP contribution in [0.3, 0.4) is 0 Å². The number of rotatable bonds is 5. The van der Waals surface area contributed by atoms with Crippen molar-refractivity contribution in [1.29, 1.82) is 0 Å². The summed E-state index contributed by atoms with van der Waals surface area (Å²) in [4.78, 5) is 8.34. The fourth-order valence-corrected chi connectivity index (χ4v) is 2.19. The van der Waals surface area contributed by atoms with Crippen molar-refractivity contribution < 1.29 is 14.0 Å². The van der Waals surface area contributed by atoms with E-state index in [-0.39, 0.29) is 30.8 Å². The summed E-state index contributed by atoms with van der Waals surface area (Å²) >= 11 is 0. The first-order valence-electron chi connectivity index (χ1n) is 7.37. The minimum atomic E-state index is 0. The summed E-state index contributed by atoms with van der Waals surface area (Å²) in [6, 6.07) is 5.87. The molecule has 1 aromatic carbocycles. The number of nitrogens with zero attached hydrogens (tertiary/aromatic N) is 3. The molecule has 0 aliphatic carbocycles. The molecular weight excluding hydrogens is 425 g/mol. The second-order valence-electron chi connectivity index (χ2n) is 5.03. The lowest BCUT2D eigenvalue weighted by Gasteiger charge is -2.11. The Hall–Kier alpha value is -2.04. The molecule has 0 saturated heterocycles. The molecule has 130 valence electrons. The maximum Gasteiger partial charge on any atom is 0.231 e. The maximum atomic E-state index is 5.37. The van der Waals surface area contributed by atoms with Crippen molar-refractivity contribution in [2.24, 2.45) is 4.99 Å². The van der Waals surface area contributed by atoms with Crippen LogP contribution in [0.25, 0.3) is 0 Å². The molecule has 0 bridgehead atoms. The van der Waals surface area contributed by atoms with Gasteiger partial charge < -0.3 is 24.6 Å². The van der Waals surface area contributed by atoms with Crippen LogP contribution in [0.4, 0.5) is 0 Å². The van der Waals surface area contributed by atoms with Crippen LogP contribution in [0.2, 0.25) is 0 Å². The van der Waals surface area contributed by atoms with Crippen LogP contribution in [-0.2, 0) is 13.0 Å². The molecule has 1 aromatic heterocycles. The van der Waals surface area contributed by atoms with Crippen molar-refractivity contribution in [2.75, 3.05) is 20.4 Å². The predicted octanol–water partition coefficient (Wildman–Crippen LogP) is 1.63. The Morgan fingerprint density at radius 1 is 1.25 bits per heavy atom. The summed E-state index contributed by atoms with van der Waals surface area (Å²) in [5, 5.41) is 10.2. The number of ether oxygens (including phenoxy) is 2. The van der Waals surface area contributed by atoms with Crippen LogP contribution in [0.15, 0.2) is 27.7 Å². The van der Waals surface area contributed by atoms with Gasteiger partial charge in [-0.25, -0.2) is 0 Å². The van der Waals surface area contributed by atoms with E-state index in [4.69, 9.17) is 14.0 Å². The zero-order chi connectivity index (χ0) is 16.1. The second-order valence-corrected chi connectivity index (χ2v) is 5.03. The molecule has 2 N–H and O–H groups in total. The molecular formula is C15H20IN5O3. The van der Waals surface area contributed by atoms with Crippen molar-refractivity contribution in [3.05, 3.63) is 35.5 Å². The van der Waals surface area contributed by atoms with E-state index in [9.17, 15) is 0 Å². The van der Waals surface area contributed by atoms with E-state index in [0.29, 0.717) is 37.2 Å². The molecule has 1 aliphatic heterocycles. The van der Waals surface area contributed by atoms with E-state index in [0.717, 1.165) is 17.1 Å². The largest absolute Gasteiger partial charge is 0.454 e. The van der Waals surface area contributed by atoms with Crippen LogP contribution in [-0.4, -0.2) is 36.5 Å². The van der Waals surface area contributed by atoms with Crippen LogP contribution in [0, 0.1) is 6.92 Å². The van der Waals surface area contributed by atoms with Gasteiger partial charge in [0.2, 0.25) is 12.7 Å². The third-order valence-corrected chi connectivity index (χ3v) is 3.32. The molecule has 0 atom stereocenters. The van der Waals surface area contributed by atoms with Crippen LogP contribution >= 0.6 is 24.0 Å². The molecule has 8 nitrogen and oxygen atoms in total. The highest BCUT2D eigenvalue weighted by molar-refractivity contribution is 14.0. The Balaban J connectivity index is 0.00000208. The number of benzene rings is 1. The molecule has 3 rings (SSSR count). The number of hydrogen-bond acceptors (Lipinski definition) is 6. The Morgan fingerprint density at radius 2 is 2.08 bits per heavy atom. The van der Waals surface area contributed by atoms with E-state index in [2.05, 4.69) is 25.8 Å². The van der Waals surface area contributed by atoms with Gasteiger partial charge in [-0.05, 0) is 24.6 Å². The number of nitrogens with one attached hydrogen (secondary N) is 2. The Labute approximate surface area is 157 Å². The van der Waals surface area contributed by atoms with E-state index in [1.54, 1.807) is 14.0 Å². The first-order chi connectivity index (χ1) is 11.2. The number of fused-ring (bicyclic) bond motifs is 1. The summed E-state index contributed by atoms with van der Waals surface area (Å²) in [7, 11) is 1.73. The fourth-order valence-electron chi connectivity index (χ4n) is 2.19. The molecule has 0 saturated carbocycles. The van der Waals surface area contributed by atoms with Gasteiger partial charge in [0.1, 0.15) is 0 Å². The Morgan fingerprint density at radius 3 is 2.83 bits per heavy atom. The zero-order valence-electron chi connectivity index (χ0n) is 13.5. The summed E-state index contributed by atoms with van der Waals surface area (Å²) in [6.45, 7) is 3.37. The number of aryl methyl sites for hydroxylation is 1. The smallest absolute Gasteiger partial charge is 0.231 e. The van der Waals surface area contributed by atoms with Gasteiger partial charge in [-0.3, -0.25) is 4.99 Å². The van der Waals surface area contributed by atoms with Gasteiger partial charge in [-0.15, -0.1) is 24.0 Å². The lowest BCUT2D eigenvalue weighted by molar-refractivity contribution is 0.174. The van der Waals surface area contributed by atoms with E-state index in [1.807, 2.05) is 18.2 Å². The summed E-state index contributed by atoms with van der Waals surface area (Å²) < 4.78 is 15.7. The fraction of sp³-hybridized carbons (Fsp3) is 0.400. The molecule has 24 heavy (non-hydrogen) atoms. The average molecular weight is 445 g/mol. The van der Waals surface area contributed by atoms with Gasteiger partial charge in [0.25, 0.3) is 0 Å². The number of aromatic nitrogens is 2. The molecule has 2 aromatic rings. The molecule has 0 amide bonds. The van der Waals surface area contributed by atoms with E-state index in [1.165, 1.54) is 0 Å². The minimum absolute atomic E-state index is 0. The third-order valence-electron chi connectivity index (χ3n) is 3.32. The van der Waals surface area contributed by atoms with Gasteiger partial charge >= 0.3 is 0 Å². The normalized spacial score (nSPS) is 12.7. The highest BCUT2D eigenvalue weighted by Crippen LogP contribution is 2.32. The third kappa shape index (κ3) is 4.73. The lowest BCUT2D eigenvalue weighted by atomic mass is 10.2. The van der Waals surface area contributed by atoms with Crippen molar-refractivity contribution in [3.63, 3.8) is 0 Å². The van der Waals surface area contributed by atoms with E-state index >= 15 is 0 Å². The average Bonchev–Trinajstić information content (AvgIpc) is 3.18. The number of aliphatic imine (C=N–C) groups is 1. The monoisotopic (exact) mass is 445 g/mol. The molecule has 0 fully saturated rings. The molecule has 0 radical (unpaired) electrons. The van der Waals surface area contributed by atoms with Crippen molar-refractivity contribution in [2.45, 2.75) is 19.9 Å². The second kappa shape index (κ2) is 8.71. The van der Waals surface area contributed by atoms with Gasteiger partial charge in [-0.2, -0.15) is 4.98 Å². The van der Waals surface area contributed by atoms with Crippen LogP contribution in [0.1, 0.15) is 17.3 Å². The lowest BCUT2D eigenvalue weighted by Crippen LogP contribution is -2.37. The van der Waals surface area contributed by atoms with Crippen molar-refractivity contribution in [1.82, 2.24) is 20.8 Å². The molecule has 9 heteroatoms. The summed E-state index contributed by atoms with van der Waals surface area (Å²) in [5.41, 5.74) is 1.09. The van der Waals surface area contributed by atoms with Gasteiger partial charge in [0.15, 0.2) is 23.3 Å². The first-order valence-corrected chi connectivity index (χ1v) is 7.37. The highest BCUT2D eigenvalue weighted by atomic mass is 127. The number of hydrogen-bond donors (Lipinski definition) is 2. The van der Waals surface area contributed by atoms with Crippen molar-refractivity contribution in [3.8, 4) is 11.5 Å². The Bertz CT molecular complexity index is 704. The standard InChI is InChI=1S/C15H19N5O3.HI/c1-10-19-14(23-20-10)5-6-17-15(16-2)18-8-11-3-4-12-13(7-11)22-9-21-12;/h3-4,7H,5-6,8-9H2,1-2H3,(H2,16,17,18);1H. The van der Waals surface area contributed by atoms with Crippen LogP contribution in [0.5, 0.6) is 11.5 Å². The number of halogens is 1. The molecule has 0 unspecified atom stereocenters. The molecule has 1 aliphatic rings. The SMILES string of the molecule is CN=C(NCCc1nc(C)no1)NCc1ccc2c(c1)OCO2.I.